The third-order valence-electron chi connectivity index (χ3n) is 5.79. The lowest BCUT2D eigenvalue weighted by Crippen LogP contribution is -2.30. The topological polar surface area (TPSA) is 62.3 Å². The van der Waals surface area contributed by atoms with Crippen molar-refractivity contribution in [2.24, 2.45) is 5.92 Å². The first-order valence-corrected chi connectivity index (χ1v) is 10.4. The minimum Gasteiger partial charge on any atom is -0.365 e. The Kier molecular flexibility index (Phi) is 6.18. The molecule has 1 saturated heterocycles. The maximum absolute atomic E-state index is 12.6. The SMILES string of the molecule is C[C@H]1CCN(C(=O)c2cnc3c(c2)CCCC(C)(C)N3)C1.O=C1CCCC1. The maximum atomic E-state index is 12.6. The summed E-state index contributed by atoms with van der Waals surface area (Å²) in [6.07, 6.45) is 10.1. The summed E-state index contributed by atoms with van der Waals surface area (Å²) in [5, 5.41) is 3.51. The fourth-order valence-electron chi connectivity index (χ4n) is 4.11. The number of aryl methyl sites for hydroxylation is 1. The summed E-state index contributed by atoms with van der Waals surface area (Å²) < 4.78 is 0. The Hall–Kier alpha value is -1.91. The zero-order chi connectivity index (χ0) is 19.4. The van der Waals surface area contributed by atoms with Crippen LogP contribution < -0.4 is 5.32 Å². The largest absolute Gasteiger partial charge is 0.365 e. The number of rotatable bonds is 1. The summed E-state index contributed by atoms with van der Waals surface area (Å²) in [6.45, 7) is 8.36. The van der Waals surface area contributed by atoms with Crippen molar-refractivity contribution in [3.8, 4) is 0 Å². The zero-order valence-electron chi connectivity index (χ0n) is 17.0. The van der Waals surface area contributed by atoms with Crippen molar-refractivity contribution in [1.29, 1.82) is 0 Å². The van der Waals surface area contributed by atoms with Crippen LogP contribution in [0.4, 0.5) is 5.82 Å². The summed E-state index contributed by atoms with van der Waals surface area (Å²) >= 11 is 0. The van der Waals surface area contributed by atoms with Gasteiger partial charge in [0.15, 0.2) is 0 Å². The second kappa shape index (κ2) is 8.41. The summed E-state index contributed by atoms with van der Waals surface area (Å²) in [5.74, 6) is 2.15. The van der Waals surface area contributed by atoms with Crippen LogP contribution in [0.3, 0.4) is 0 Å². The van der Waals surface area contributed by atoms with Crippen molar-refractivity contribution in [2.45, 2.75) is 77.7 Å². The van der Waals surface area contributed by atoms with Gasteiger partial charge in [-0.1, -0.05) is 6.92 Å². The van der Waals surface area contributed by atoms with Gasteiger partial charge in [-0.15, -0.1) is 0 Å². The Bertz CT molecular complexity index is 691. The quantitative estimate of drug-likeness (QED) is 0.803. The van der Waals surface area contributed by atoms with E-state index in [1.165, 1.54) is 5.56 Å². The molecule has 5 heteroatoms. The monoisotopic (exact) mass is 371 g/mol. The molecule has 4 rings (SSSR count). The summed E-state index contributed by atoms with van der Waals surface area (Å²) in [5.41, 5.74) is 2.00. The molecule has 3 aliphatic rings. The van der Waals surface area contributed by atoms with Crippen LogP contribution in [-0.4, -0.2) is 40.2 Å². The minimum atomic E-state index is 0.0775. The number of carbonyl (C=O) groups excluding carboxylic acids is 2. The number of anilines is 1. The van der Waals surface area contributed by atoms with Crippen molar-refractivity contribution in [3.63, 3.8) is 0 Å². The highest BCUT2D eigenvalue weighted by atomic mass is 16.2. The van der Waals surface area contributed by atoms with Crippen molar-refractivity contribution >= 4 is 17.5 Å². The van der Waals surface area contributed by atoms with Crippen LogP contribution in [0.2, 0.25) is 0 Å². The maximum Gasteiger partial charge on any atom is 0.255 e. The number of ketones is 1. The van der Waals surface area contributed by atoms with E-state index < -0.39 is 0 Å². The Balaban J connectivity index is 0.000000299. The smallest absolute Gasteiger partial charge is 0.255 e. The molecule has 1 N–H and O–H groups in total. The number of nitrogens with one attached hydrogen (secondary N) is 1. The number of aromatic nitrogens is 1. The van der Waals surface area contributed by atoms with E-state index in [0.717, 1.165) is 75.8 Å². The summed E-state index contributed by atoms with van der Waals surface area (Å²) in [7, 11) is 0. The molecule has 2 fully saturated rings. The molecule has 1 saturated carbocycles. The Morgan fingerprint density at radius 1 is 1.22 bits per heavy atom. The van der Waals surface area contributed by atoms with Gasteiger partial charge < -0.3 is 10.2 Å². The van der Waals surface area contributed by atoms with E-state index in [-0.39, 0.29) is 11.4 Å². The molecular weight excluding hydrogens is 338 g/mol. The molecule has 3 heterocycles. The summed E-state index contributed by atoms with van der Waals surface area (Å²) in [6, 6.07) is 2.04. The number of carbonyl (C=O) groups is 2. The Labute approximate surface area is 162 Å². The molecule has 1 aromatic heterocycles. The third kappa shape index (κ3) is 5.30. The van der Waals surface area contributed by atoms with Crippen LogP contribution in [0.1, 0.15) is 81.6 Å². The number of hydrogen-bond donors (Lipinski definition) is 1. The molecule has 2 aliphatic heterocycles. The molecule has 1 aromatic rings. The average molecular weight is 372 g/mol. The molecule has 0 spiro atoms. The lowest BCUT2D eigenvalue weighted by molar-refractivity contribution is -0.117. The van der Waals surface area contributed by atoms with Crippen LogP contribution in [-0.2, 0) is 11.2 Å². The van der Waals surface area contributed by atoms with Crippen LogP contribution in [0.15, 0.2) is 12.3 Å². The first kappa shape index (κ1) is 19.8. The lowest BCUT2D eigenvalue weighted by Gasteiger charge is -2.25. The number of nitrogens with zero attached hydrogens (tertiary/aromatic N) is 2. The number of amides is 1. The first-order valence-electron chi connectivity index (χ1n) is 10.4. The summed E-state index contributed by atoms with van der Waals surface area (Å²) in [4.78, 5) is 29.3. The number of likely N-dealkylation sites (tertiary alicyclic amines) is 1. The van der Waals surface area contributed by atoms with Crippen molar-refractivity contribution in [3.05, 3.63) is 23.4 Å². The normalized spacial score (nSPS) is 23.7. The molecule has 1 amide bonds. The first-order chi connectivity index (χ1) is 12.8. The predicted octanol–water partition coefficient (Wildman–Crippen LogP) is 4.22. The molecular formula is C22H33N3O2. The highest BCUT2D eigenvalue weighted by molar-refractivity contribution is 5.94. The van der Waals surface area contributed by atoms with Gasteiger partial charge in [-0.25, -0.2) is 4.98 Å². The van der Waals surface area contributed by atoms with Gasteiger partial charge in [0.05, 0.1) is 5.56 Å². The molecule has 1 atom stereocenters. The van der Waals surface area contributed by atoms with E-state index in [9.17, 15) is 9.59 Å². The predicted molar refractivity (Wildman–Crippen MR) is 108 cm³/mol. The van der Waals surface area contributed by atoms with Gasteiger partial charge in [0.25, 0.3) is 5.91 Å². The van der Waals surface area contributed by atoms with E-state index in [1.807, 2.05) is 11.0 Å². The van der Waals surface area contributed by atoms with E-state index in [2.05, 4.69) is 31.1 Å². The molecule has 148 valence electrons. The van der Waals surface area contributed by atoms with Gasteiger partial charge >= 0.3 is 0 Å². The van der Waals surface area contributed by atoms with E-state index in [1.54, 1.807) is 6.20 Å². The lowest BCUT2D eigenvalue weighted by atomic mass is 9.98. The Morgan fingerprint density at radius 2 is 1.96 bits per heavy atom. The van der Waals surface area contributed by atoms with E-state index in [0.29, 0.717) is 11.7 Å². The molecule has 0 aromatic carbocycles. The highest BCUT2D eigenvalue weighted by Gasteiger charge is 2.27. The molecule has 27 heavy (non-hydrogen) atoms. The zero-order valence-corrected chi connectivity index (χ0v) is 17.0. The number of hydrogen-bond acceptors (Lipinski definition) is 4. The Morgan fingerprint density at radius 3 is 2.56 bits per heavy atom. The highest BCUT2D eigenvalue weighted by Crippen LogP contribution is 2.28. The second-order valence-corrected chi connectivity index (χ2v) is 8.98. The number of pyridine rings is 1. The van der Waals surface area contributed by atoms with Gasteiger partial charge in [-0.3, -0.25) is 9.59 Å². The van der Waals surface area contributed by atoms with Crippen LogP contribution in [0.25, 0.3) is 0 Å². The van der Waals surface area contributed by atoms with E-state index >= 15 is 0 Å². The standard InChI is InChI=1S/C17H25N3O.C5H8O/c1-12-6-8-20(11-12)16(21)14-9-13-5-4-7-17(2,3)19-15(13)18-10-14;6-5-3-1-2-4-5/h9-10,12H,4-8,11H2,1-3H3,(H,18,19);1-4H2/t12-;/m0./s1. The number of Topliss-reactive ketones (excluding diaryl/α,β-unsaturated/α-hetero) is 1. The van der Waals surface area contributed by atoms with Gasteiger partial charge in [0.1, 0.15) is 11.6 Å². The average Bonchev–Trinajstić information content (AvgIpc) is 3.23. The van der Waals surface area contributed by atoms with E-state index in [4.69, 9.17) is 0 Å². The van der Waals surface area contributed by atoms with Gasteiger partial charge in [0, 0.05) is 37.7 Å². The number of fused-ring (bicyclic) bond motifs is 1. The van der Waals surface area contributed by atoms with Crippen LogP contribution in [0, 0.1) is 5.92 Å². The van der Waals surface area contributed by atoms with Gasteiger partial charge in [0.2, 0.25) is 0 Å². The van der Waals surface area contributed by atoms with Gasteiger partial charge in [-0.2, -0.15) is 0 Å². The molecule has 5 nitrogen and oxygen atoms in total. The van der Waals surface area contributed by atoms with Crippen molar-refractivity contribution < 1.29 is 9.59 Å². The second-order valence-electron chi connectivity index (χ2n) is 8.98. The molecule has 0 unspecified atom stereocenters. The third-order valence-corrected chi connectivity index (χ3v) is 5.79. The van der Waals surface area contributed by atoms with Crippen molar-refractivity contribution in [2.75, 3.05) is 18.4 Å². The minimum absolute atomic E-state index is 0.0775. The van der Waals surface area contributed by atoms with Crippen LogP contribution in [0.5, 0.6) is 0 Å². The fraction of sp³-hybridized carbons (Fsp3) is 0.682. The molecule has 0 radical (unpaired) electrons. The van der Waals surface area contributed by atoms with Crippen molar-refractivity contribution in [1.82, 2.24) is 9.88 Å². The van der Waals surface area contributed by atoms with Gasteiger partial charge in [-0.05, 0) is 69.9 Å². The molecule has 1 aliphatic carbocycles. The fourth-order valence-corrected chi connectivity index (χ4v) is 4.11. The molecule has 0 bridgehead atoms. The van der Waals surface area contributed by atoms with Crippen LogP contribution >= 0.6 is 0 Å².